The predicted molar refractivity (Wildman–Crippen MR) is 102 cm³/mol. The average molecular weight is 360 g/mol. The number of aromatic nitrogens is 3. The number of hydrogen-bond acceptors (Lipinski definition) is 3. The van der Waals surface area contributed by atoms with Crippen molar-refractivity contribution in [3.63, 3.8) is 0 Å². The second kappa shape index (κ2) is 7.37. The summed E-state index contributed by atoms with van der Waals surface area (Å²) >= 11 is 0. The van der Waals surface area contributed by atoms with Crippen LogP contribution in [0.15, 0.2) is 72.9 Å². The molecule has 1 amide bonds. The summed E-state index contributed by atoms with van der Waals surface area (Å²) in [4.78, 5) is 21.3. The van der Waals surface area contributed by atoms with Gasteiger partial charge in [0.1, 0.15) is 17.2 Å². The van der Waals surface area contributed by atoms with Crippen LogP contribution in [0.4, 0.5) is 4.39 Å². The lowest BCUT2D eigenvalue weighted by Crippen LogP contribution is -2.28. The van der Waals surface area contributed by atoms with E-state index in [9.17, 15) is 9.18 Å². The van der Waals surface area contributed by atoms with Gasteiger partial charge < -0.3 is 9.88 Å². The first kappa shape index (κ1) is 16.9. The topological polar surface area (TPSA) is 59.8 Å². The smallest absolute Gasteiger partial charge is 0.254 e. The summed E-state index contributed by atoms with van der Waals surface area (Å²) in [5.74, 6) is -0.189. The summed E-state index contributed by atoms with van der Waals surface area (Å²) in [7, 11) is 0. The van der Waals surface area contributed by atoms with Gasteiger partial charge in [-0.15, -0.1) is 0 Å². The quantitative estimate of drug-likeness (QED) is 0.591. The van der Waals surface area contributed by atoms with Crippen LogP contribution >= 0.6 is 0 Å². The molecule has 0 radical (unpaired) electrons. The maximum atomic E-state index is 13.7. The number of hydrogen-bond donors (Lipinski definition) is 1. The minimum Gasteiger partial charge on any atom is -0.350 e. The minimum absolute atomic E-state index is 0.0365. The van der Waals surface area contributed by atoms with Crippen molar-refractivity contribution in [2.24, 2.45) is 0 Å². The molecule has 27 heavy (non-hydrogen) atoms. The van der Waals surface area contributed by atoms with Crippen LogP contribution in [0.5, 0.6) is 0 Å². The number of halogens is 1. The Labute approximate surface area is 155 Å². The summed E-state index contributed by atoms with van der Waals surface area (Å²) in [5.41, 5.74) is 2.54. The number of nitrogens with one attached hydrogen (secondary N) is 1. The Balaban J connectivity index is 1.58. The van der Waals surface area contributed by atoms with E-state index in [-0.39, 0.29) is 5.56 Å². The summed E-state index contributed by atoms with van der Waals surface area (Å²) in [5, 5.41) is 2.77. The van der Waals surface area contributed by atoms with E-state index in [0.29, 0.717) is 13.1 Å². The van der Waals surface area contributed by atoms with Crippen LogP contribution in [0.2, 0.25) is 0 Å². The SMILES string of the molecule is O=C(NCCn1c(-c2ccccc2)nc2cccnc21)c1ccccc1F. The lowest BCUT2D eigenvalue weighted by molar-refractivity contribution is 0.0948. The van der Waals surface area contributed by atoms with E-state index >= 15 is 0 Å². The van der Waals surface area contributed by atoms with E-state index in [1.165, 1.54) is 12.1 Å². The fraction of sp³-hybridized carbons (Fsp3) is 0.0952. The van der Waals surface area contributed by atoms with Gasteiger partial charge in [0, 0.05) is 24.8 Å². The molecule has 4 rings (SSSR count). The monoisotopic (exact) mass is 360 g/mol. The van der Waals surface area contributed by atoms with Crippen molar-refractivity contribution in [2.75, 3.05) is 6.54 Å². The minimum atomic E-state index is -0.533. The molecule has 0 aliphatic rings. The van der Waals surface area contributed by atoms with E-state index in [4.69, 9.17) is 0 Å². The van der Waals surface area contributed by atoms with Gasteiger partial charge in [0.05, 0.1) is 5.56 Å². The van der Waals surface area contributed by atoms with Gasteiger partial charge in [-0.2, -0.15) is 0 Å². The first-order valence-electron chi connectivity index (χ1n) is 8.63. The van der Waals surface area contributed by atoms with Crippen LogP contribution < -0.4 is 5.32 Å². The van der Waals surface area contributed by atoms with Crippen molar-refractivity contribution >= 4 is 17.1 Å². The van der Waals surface area contributed by atoms with Crippen molar-refractivity contribution in [3.8, 4) is 11.4 Å². The number of amides is 1. The number of imidazole rings is 1. The molecule has 6 heteroatoms. The third-order valence-corrected chi connectivity index (χ3v) is 4.28. The molecule has 2 aromatic carbocycles. The van der Waals surface area contributed by atoms with Gasteiger partial charge in [-0.3, -0.25) is 4.79 Å². The molecule has 134 valence electrons. The van der Waals surface area contributed by atoms with Crippen LogP contribution in [-0.2, 0) is 6.54 Å². The second-order valence-electron chi connectivity index (χ2n) is 6.03. The predicted octanol–water partition coefficient (Wildman–Crippen LogP) is 3.67. The molecule has 2 aromatic heterocycles. The Morgan fingerprint density at radius 2 is 1.78 bits per heavy atom. The Kier molecular flexibility index (Phi) is 4.61. The third kappa shape index (κ3) is 3.42. The van der Waals surface area contributed by atoms with Gasteiger partial charge in [0.2, 0.25) is 0 Å². The number of carbonyl (C=O) groups excluding carboxylic acids is 1. The fourth-order valence-corrected chi connectivity index (χ4v) is 3.00. The molecule has 4 aromatic rings. The molecule has 0 saturated carbocycles. The molecule has 2 heterocycles. The van der Waals surface area contributed by atoms with Crippen LogP contribution in [0, 0.1) is 5.82 Å². The molecule has 0 bridgehead atoms. The summed E-state index contributed by atoms with van der Waals surface area (Å²) in [6.45, 7) is 0.799. The number of carbonyl (C=O) groups is 1. The summed E-state index contributed by atoms with van der Waals surface area (Å²) in [6.07, 6.45) is 1.72. The zero-order valence-corrected chi connectivity index (χ0v) is 14.5. The molecule has 0 aliphatic heterocycles. The molecule has 0 saturated heterocycles. The van der Waals surface area contributed by atoms with Crippen LogP contribution in [0.1, 0.15) is 10.4 Å². The zero-order chi connectivity index (χ0) is 18.6. The highest BCUT2D eigenvalue weighted by Gasteiger charge is 2.14. The largest absolute Gasteiger partial charge is 0.350 e. The molecule has 1 N–H and O–H groups in total. The van der Waals surface area contributed by atoms with Crippen molar-refractivity contribution in [1.29, 1.82) is 0 Å². The van der Waals surface area contributed by atoms with Gasteiger partial charge in [-0.1, -0.05) is 42.5 Å². The first-order chi connectivity index (χ1) is 13.2. The van der Waals surface area contributed by atoms with Gasteiger partial charge in [-0.05, 0) is 24.3 Å². The van der Waals surface area contributed by atoms with Gasteiger partial charge >= 0.3 is 0 Å². The molecule has 5 nitrogen and oxygen atoms in total. The molecule has 0 fully saturated rings. The van der Waals surface area contributed by atoms with Crippen molar-refractivity contribution < 1.29 is 9.18 Å². The van der Waals surface area contributed by atoms with Crippen molar-refractivity contribution in [1.82, 2.24) is 19.9 Å². The van der Waals surface area contributed by atoms with Gasteiger partial charge in [-0.25, -0.2) is 14.4 Å². The number of pyridine rings is 1. The van der Waals surface area contributed by atoms with Crippen LogP contribution in [0.25, 0.3) is 22.6 Å². The second-order valence-corrected chi connectivity index (χ2v) is 6.03. The summed E-state index contributed by atoms with van der Waals surface area (Å²) < 4.78 is 15.7. The van der Waals surface area contributed by atoms with Crippen molar-refractivity contribution in [2.45, 2.75) is 6.54 Å². The number of rotatable bonds is 5. The molecule has 0 atom stereocenters. The lowest BCUT2D eigenvalue weighted by atomic mass is 10.2. The highest BCUT2D eigenvalue weighted by molar-refractivity contribution is 5.94. The van der Waals surface area contributed by atoms with E-state index in [2.05, 4.69) is 15.3 Å². The number of nitrogens with zero attached hydrogens (tertiary/aromatic N) is 3. The number of benzene rings is 2. The molecule has 0 spiro atoms. The normalized spacial score (nSPS) is 10.9. The van der Waals surface area contributed by atoms with Gasteiger partial charge in [0.25, 0.3) is 5.91 Å². The van der Waals surface area contributed by atoms with E-state index in [0.717, 1.165) is 22.6 Å². The molecular formula is C21H17FN4O. The third-order valence-electron chi connectivity index (χ3n) is 4.28. The van der Waals surface area contributed by atoms with Crippen LogP contribution in [-0.4, -0.2) is 27.0 Å². The maximum Gasteiger partial charge on any atom is 0.254 e. The average Bonchev–Trinajstić information content (AvgIpc) is 3.08. The maximum absolute atomic E-state index is 13.7. The fourth-order valence-electron chi connectivity index (χ4n) is 3.00. The van der Waals surface area contributed by atoms with Gasteiger partial charge in [0.15, 0.2) is 5.65 Å². The molecule has 0 aliphatic carbocycles. The molecule has 0 unspecified atom stereocenters. The Bertz CT molecular complexity index is 1090. The standard InChI is InChI=1S/C21H17FN4O/c22-17-10-5-4-9-16(17)21(27)24-13-14-26-19(15-7-2-1-3-8-15)25-18-11-6-12-23-20(18)26/h1-12H,13-14H2,(H,24,27). The first-order valence-corrected chi connectivity index (χ1v) is 8.63. The number of fused-ring (bicyclic) bond motifs is 1. The van der Waals surface area contributed by atoms with E-state index in [1.807, 2.05) is 47.0 Å². The Hall–Kier alpha value is -3.54. The van der Waals surface area contributed by atoms with Crippen LogP contribution in [0.3, 0.4) is 0 Å². The zero-order valence-electron chi connectivity index (χ0n) is 14.5. The highest BCUT2D eigenvalue weighted by atomic mass is 19.1. The Morgan fingerprint density at radius 3 is 2.59 bits per heavy atom. The van der Waals surface area contributed by atoms with Crippen molar-refractivity contribution in [3.05, 3.63) is 84.3 Å². The molecular weight excluding hydrogens is 343 g/mol. The lowest BCUT2D eigenvalue weighted by Gasteiger charge is -2.10. The van der Waals surface area contributed by atoms with E-state index < -0.39 is 11.7 Å². The Morgan fingerprint density at radius 1 is 1.00 bits per heavy atom. The highest BCUT2D eigenvalue weighted by Crippen LogP contribution is 2.23. The van der Waals surface area contributed by atoms with E-state index in [1.54, 1.807) is 18.3 Å². The summed E-state index contributed by atoms with van der Waals surface area (Å²) in [6, 6.07) is 19.5.